The predicted molar refractivity (Wildman–Crippen MR) is 358 cm³/mol. The molecule has 0 spiro atoms. The molecular weight excluding hydrogens is 1630 g/mol. The Hall–Kier alpha value is -2.49. The molecule has 6 aromatic rings. The summed E-state index contributed by atoms with van der Waals surface area (Å²) in [5.41, 5.74) is 8.36. The normalized spacial score (nSPS) is 16.8. The lowest BCUT2D eigenvalue weighted by Gasteiger charge is -2.32. The molecule has 0 atom stereocenters. The van der Waals surface area contributed by atoms with E-state index >= 15 is 0 Å². The minimum Gasteiger partial charge on any atom is -0.399 e. The first kappa shape index (κ1) is 73.3. The number of halogens is 12. The Balaban J connectivity index is 0.000000187. The minimum absolute atomic E-state index is 0.0361. The molecule has 456 valence electrons. The lowest BCUT2D eigenvalue weighted by molar-refractivity contribution is -0.103. The van der Waals surface area contributed by atoms with Crippen molar-refractivity contribution in [3.63, 3.8) is 0 Å². The van der Waals surface area contributed by atoms with E-state index in [0.717, 1.165) is 69.9 Å². The van der Waals surface area contributed by atoms with Gasteiger partial charge in [0.2, 0.25) is 0 Å². The van der Waals surface area contributed by atoms with Gasteiger partial charge in [0, 0.05) is 53.3 Å². The van der Waals surface area contributed by atoms with Gasteiger partial charge in [0.05, 0.1) is 64.1 Å². The van der Waals surface area contributed by atoms with E-state index < -0.39 is 43.4 Å². The number of aliphatic hydroxyl groups is 1. The van der Waals surface area contributed by atoms with E-state index in [-0.39, 0.29) is 43.3 Å². The van der Waals surface area contributed by atoms with Crippen molar-refractivity contribution in [1.29, 1.82) is 0 Å². The number of fused-ring (bicyclic) bond motifs is 4. The van der Waals surface area contributed by atoms with Gasteiger partial charge in [0.25, 0.3) is 11.8 Å². The lowest BCUT2D eigenvalue weighted by Crippen LogP contribution is -2.41. The summed E-state index contributed by atoms with van der Waals surface area (Å²) in [5, 5.41) is 9.69. The molecule has 11 rings (SSSR count). The van der Waals surface area contributed by atoms with Crippen molar-refractivity contribution in [3.8, 4) is 0 Å². The molecule has 9 nitrogen and oxygen atoms in total. The summed E-state index contributed by atoms with van der Waals surface area (Å²) in [6.07, 6.45) is 3.53. The average molecular weight is 1690 g/mol. The molecule has 22 heteroatoms. The van der Waals surface area contributed by atoms with E-state index in [2.05, 4.69) is 159 Å². The van der Waals surface area contributed by atoms with Crippen molar-refractivity contribution >= 4 is 151 Å². The molecule has 5 aliphatic heterocycles. The molecule has 0 saturated carbocycles. The molecule has 0 unspecified atom stereocenters. The van der Waals surface area contributed by atoms with Gasteiger partial charge in [-0.3, -0.25) is 4.79 Å². The van der Waals surface area contributed by atoms with Gasteiger partial charge < -0.3 is 38.1 Å². The van der Waals surface area contributed by atoms with Crippen LogP contribution in [0.4, 0.5) is 17.6 Å². The van der Waals surface area contributed by atoms with Gasteiger partial charge in [-0.05, 0) is 157 Å². The molecule has 6 aromatic carbocycles. The van der Waals surface area contributed by atoms with Gasteiger partial charge in [0.15, 0.2) is 5.78 Å². The first-order chi connectivity index (χ1) is 40.1. The molecule has 5 heterocycles. The highest BCUT2D eigenvalue weighted by Gasteiger charge is 2.52. The third kappa shape index (κ3) is 22.2. The first-order valence-corrected chi connectivity index (χ1v) is 32.8. The summed E-state index contributed by atoms with van der Waals surface area (Å²) in [5.74, 6) is -5.69. The van der Waals surface area contributed by atoms with Crippen molar-refractivity contribution < 1.29 is 60.5 Å². The molecule has 1 fully saturated rings. The monoisotopic (exact) mass is 1680 g/mol. The highest BCUT2D eigenvalue weighted by molar-refractivity contribution is 9.11. The molecular formula is C63H63BBr8F4O9. The van der Waals surface area contributed by atoms with Crippen molar-refractivity contribution in [1.82, 2.24) is 0 Å². The third-order valence-electron chi connectivity index (χ3n) is 13.2. The lowest BCUT2D eigenvalue weighted by atomic mass is 9.77. The van der Waals surface area contributed by atoms with Crippen LogP contribution >= 0.6 is 127 Å². The van der Waals surface area contributed by atoms with Gasteiger partial charge in [0.1, 0.15) is 19.8 Å². The topological polar surface area (TPSA) is 102 Å². The molecule has 0 radical (unpaired) electrons. The summed E-state index contributed by atoms with van der Waals surface area (Å²) in [6, 6.07) is 33.1. The molecule has 85 heavy (non-hydrogen) atoms. The van der Waals surface area contributed by atoms with Gasteiger partial charge in [-0.1, -0.05) is 177 Å². The van der Waals surface area contributed by atoms with Crippen LogP contribution in [0.3, 0.4) is 0 Å². The van der Waals surface area contributed by atoms with Gasteiger partial charge in [-0.2, -0.15) is 17.6 Å². The standard InChI is InChI=1S/C15H19BF2O3.C10H10Br2O.C10H9BrO.C9H7BrF2O.C9H7BrO2.C7H6Br2O.C3H5Br/c1-13(2)14(3,4)21-16(20-13)11-5-6-12-10(7-11)8-19-9-15(12,17)18;1-2-5-13-7-8-6-9(11)3-4-10(8)12;1-7-5-12-6-8-4-9(11)2-3-10(7)8;10-7-1-2-8-6(3-7)4-13-5-9(8,11)12;10-7-1-2-8-6(3-7)4-12-5-9(8)11;8-6-1-2-7(9)5(3-6)4-10;1-2-3-4/h5-7H,8-9H2,1-4H3;2-4,6H,1,5,7H2;2-4H,1,5-6H2;1-3H,4-5H2;1-3H,4-5H2;1-3,10H,4H2;2H,1,3H2. The zero-order chi connectivity index (χ0) is 62.7. The molecule has 0 aromatic heterocycles. The largest absolute Gasteiger partial charge is 0.494 e. The number of hydrogen-bond acceptors (Lipinski definition) is 9. The van der Waals surface area contributed by atoms with Crippen LogP contribution in [-0.2, 0) is 84.5 Å². The third-order valence-corrected chi connectivity index (χ3v) is 17.7. The summed E-state index contributed by atoms with van der Waals surface area (Å²) in [6.45, 7) is 21.6. The number of ether oxygens (including phenoxy) is 5. The van der Waals surface area contributed by atoms with Crippen molar-refractivity contribution in [2.24, 2.45) is 0 Å². The number of carbonyl (C=O) groups is 1. The maximum absolute atomic E-state index is 13.8. The van der Waals surface area contributed by atoms with E-state index in [4.69, 9.17) is 38.1 Å². The van der Waals surface area contributed by atoms with Crippen LogP contribution in [0.25, 0.3) is 5.57 Å². The fourth-order valence-corrected chi connectivity index (χ4v) is 11.0. The van der Waals surface area contributed by atoms with Crippen LogP contribution in [-0.4, -0.2) is 67.6 Å². The fourth-order valence-electron chi connectivity index (χ4n) is 8.23. The Morgan fingerprint density at radius 3 is 1.49 bits per heavy atom. The quantitative estimate of drug-likeness (QED) is 0.0550. The second-order valence-corrected chi connectivity index (χ2v) is 27.1. The Labute approximate surface area is 563 Å². The van der Waals surface area contributed by atoms with E-state index in [9.17, 15) is 22.4 Å². The van der Waals surface area contributed by atoms with Crippen LogP contribution in [0.1, 0.15) is 88.1 Å². The SMILES string of the molecule is C=C1COCc2cc(Br)ccc21.C=CCBr.C=CCOCc1cc(Br)ccc1Br.CC1(C)OB(c2ccc3c(c2)COCC3(F)F)OC1(C)C.FC1(F)COCc2cc(Br)ccc21.O=C1COCc2cc(Br)ccc21.OCc1cc(Br)ccc1Br. The number of allylic oxidation sites excluding steroid dienone is 1. The van der Waals surface area contributed by atoms with Crippen LogP contribution in [0.5, 0.6) is 0 Å². The van der Waals surface area contributed by atoms with E-state index in [1.807, 2.05) is 88.4 Å². The number of benzene rings is 6. The maximum Gasteiger partial charge on any atom is 0.494 e. The number of Topliss-reactive ketones (excluding diaryl/α,β-unsaturated/α-hetero) is 1. The molecule has 1 N–H and O–H groups in total. The maximum atomic E-state index is 13.8. The second kappa shape index (κ2) is 34.6. The number of alkyl halides is 5. The van der Waals surface area contributed by atoms with Crippen LogP contribution in [0, 0.1) is 0 Å². The van der Waals surface area contributed by atoms with E-state index in [0.29, 0.717) is 44.2 Å². The minimum atomic E-state index is -2.93. The Bertz CT molecular complexity index is 3170. The summed E-state index contributed by atoms with van der Waals surface area (Å²) in [4.78, 5) is 11.3. The van der Waals surface area contributed by atoms with Gasteiger partial charge in [-0.15, -0.1) is 13.2 Å². The molecule has 0 bridgehead atoms. The second-order valence-electron chi connectivity index (χ2n) is 20.2. The average Bonchev–Trinajstić information content (AvgIpc) is 2.36. The molecule has 5 aliphatic rings. The number of rotatable bonds is 7. The van der Waals surface area contributed by atoms with Crippen molar-refractivity contribution in [2.75, 3.05) is 38.4 Å². The Kier molecular flexibility index (Phi) is 29.9. The molecule has 0 aliphatic carbocycles. The number of aliphatic hydroxyl groups excluding tert-OH is 1. The Morgan fingerprint density at radius 2 is 0.976 bits per heavy atom. The number of ketones is 1. The van der Waals surface area contributed by atoms with Gasteiger partial charge >= 0.3 is 7.12 Å². The highest BCUT2D eigenvalue weighted by Crippen LogP contribution is 2.39. The number of carbonyl (C=O) groups excluding carboxylic acids is 1. The van der Waals surface area contributed by atoms with E-state index in [1.54, 1.807) is 36.4 Å². The fraction of sp³-hybridized carbons (Fsp3) is 0.317. The van der Waals surface area contributed by atoms with Crippen molar-refractivity contribution in [3.05, 3.63) is 228 Å². The van der Waals surface area contributed by atoms with E-state index in [1.165, 1.54) is 23.3 Å². The zero-order valence-electron chi connectivity index (χ0n) is 47.0. The van der Waals surface area contributed by atoms with Crippen LogP contribution < -0.4 is 5.46 Å². The smallest absolute Gasteiger partial charge is 0.399 e. The van der Waals surface area contributed by atoms with Crippen LogP contribution in [0.15, 0.2) is 172 Å². The van der Waals surface area contributed by atoms with Crippen LogP contribution in [0.2, 0.25) is 0 Å². The summed E-state index contributed by atoms with van der Waals surface area (Å²) in [7, 11) is -0.546. The predicted octanol–water partition coefficient (Wildman–Crippen LogP) is 19.0. The number of hydrogen-bond donors (Lipinski definition) is 1. The van der Waals surface area contributed by atoms with Gasteiger partial charge in [-0.25, -0.2) is 0 Å². The highest BCUT2D eigenvalue weighted by atomic mass is 79.9. The first-order valence-electron chi connectivity index (χ1n) is 26.1. The Morgan fingerprint density at radius 1 is 0.553 bits per heavy atom. The summed E-state index contributed by atoms with van der Waals surface area (Å²) >= 11 is 26.6. The summed E-state index contributed by atoms with van der Waals surface area (Å²) < 4.78 is 98.3. The van der Waals surface area contributed by atoms with Crippen molar-refractivity contribution in [2.45, 2.75) is 90.4 Å². The zero-order valence-corrected chi connectivity index (χ0v) is 59.7. The molecule has 0 amide bonds. The molecule has 1 saturated heterocycles.